The van der Waals surface area contributed by atoms with Gasteiger partial charge in [0.15, 0.2) is 6.61 Å². The lowest BCUT2D eigenvalue weighted by Gasteiger charge is -2.10. The monoisotopic (exact) mass is 399 g/mol. The van der Waals surface area contributed by atoms with Crippen LogP contribution < -0.4 is 5.32 Å². The molecule has 0 atom stereocenters. The summed E-state index contributed by atoms with van der Waals surface area (Å²) >= 11 is 9.25. The number of esters is 1. The van der Waals surface area contributed by atoms with Crippen LogP contribution in [0, 0.1) is 12.7 Å². The third-order valence-electron chi connectivity index (χ3n) is 2.97. The van der Waals surface area contributed by atoms with E-state index < -0.39 is 24.3 Å². The van der Waals surface area contributed by atoms with Gasteiger partial charge in [-0.15, -0.1) is 0 Å². The van der Waals surface area contributed by atoms with E-state index in [0.717, 1.165) is 11.6 Å². The molecule has 2 aromatic carbocycles. The number of amides is 1. The molecule has 0 heterocycles. The van der Waals surface area contributed by atoms with Gasteiger partial charge in [0, 0.05) is 10.2 Å². The molecule has 0 saturated heterocycles. The topological polar surface area (TPSA) is 55.4 Å². The number of carbonyl (C=O) groups excluding carboxylic acids is 2. The average molecular weight is 401 g/mol. The Kier molecular flexibility index (Phi) is 5.74. The van der Waals surface area contributed by atoms with Crippen molar-refractivity contribution in [2.75, 3.05) is 11.9 Å². The zero-order valence-electron chi connectivity index (χ0n) is 12.0. The van der Waals surface area contributed by atoms with Gasteiger partial charge in [0.2, 0.25) is 0 Å². The normalized spacial score (nSPS) is 10.3. The Morgan fingerprint density at radius 1 is 1.30 bits per heavy atom. The Labute approximate surface area is 145 Å². The van der Waals surface area contributed by atoms with E-state index in [9.17, 15) is 14.0 Å². The molecule has 1 N–H and O–H groups in total. The van der Waals surface area contributed by atoms with Crippen LogP contribution in [-0.2, 0) is 9.53 Å². The molecule has 0 bridgehead atoms. The lowest BCUT2D eigenvalue weighted by molar-refractivity contribution is -0.119. The van der Waals surface area contributed by atoms with Crippen LogP contribution in [0.5, 0.6) is 0 Å². The van der Waals surface area contributed by atoms with E-state index in [4.69, 9.17) is 16.3 Å². The van der Waals surface area contributed by atoms with E-state index in [-0.39, 0.29) is 5.56 Å². The number of hydrogen-bond acceptors (Lipinski definition) is 3. The number of benzene rings is 2. The van der Waals surface area contributed by atoms with Crippen molar-refractivity contribution in [3.63, 3.8) is 0 Å². The maximum atomic E-state index is 13.4. The first-order valence-corrected chi connectivity index (χ1v) is 7.72. The van der Waals surface area contributed by atoms with Crippen molar-refractivity contribution in [1.29, 1.82) is 0 Å². The van der Waals surface area contributed by atoms with E-state index in [2.05, 4.69) is 21.2 Å². The largest absolute Gasteiger partial charge is 0.452 e. The number of ether oxygens (including phenoxy) is 1. The fourth-order valence-corrected chi connectivity index (χ4v) is 2.42. The summed E-state index contributed by atoms with van der Waals surface area (Å²) in [6.45, 7) is 1.27. The molecule has 0 radical (unpaired) electrons. The number of rotatable bonds is 4. The van der Waals surface area contributed by atoms with Crippen LogP contribution in [0.1, 0.15) is 15.9 Å². The molecule has 0 spiro atoms. The van der Waals surface area contributed by atoms with Crippen LogP contribution in [0.3, 0.4) is 0 Å². The SMILES string of the molecule is Cc1cc(Br)c(Cl)cc1NC(=O)COC(=O)c1ccccc1F. The molecule has 0 aliphatic heterocycles. The molecule has 0 saturated carbocycles. The molecular formula is C16H12BrClFNO3. The standard InChI is InChI=1S/C16H12BrClFNO3/c1-9-6-11(17)12(18)7-14(9)20-15(21)8-23-16(22)10-4-2-3-5-13(10)19/h2-7H,8H2,1H3,(H,20,21). The molecule has 23 heavy (non-hydrogen) atoms. The van der Waals surface area contributed by atoms with Gasteiger partial charge in [0.25, 0.3) is 5.91 Å². The van der Waals surface area contributed by atoms with E-state index in [1.165, 1.54) is 18.2 Å². The maximum absolute atomic E-state index is 13.4. The third kappa shape index (κ3) is 4.53. The molecule has 2 aromatic rings. The van der Waals surface area contributed by atoms with Gasteiger partial charge >= 0.3 is 5.97 Å². The first kappa shape index (κ1) is 17.4. The highest BCUT2D eigenvalue weighted by Gasteiger charge is 2.15. The lowest BCUT2D eigenvalue weighted by Crippen LogP contribution is -2.21. The number of anilines is 1. The molecule has 4 nitrogen and oxygen atoms in total. The summed E-state index contributed by atoms with van der Waals surface area (Å²) < 4.78 is 18.9. The van der Waals surface area contributed by atoms with Crippen molar-refractivity contribution in [2.24, 2.45) is 0 Å². The molecule has 1 amide bonds. The second-order valence-electron chi connectivity index (χ2n) is 4.69. The van der Waals surface area contributed by atoms with Gasteiger partial charge in [-0.3, -0.25) is 4.79 Å². The molecule has 120 valence electrons. The van der Waals surface area contributed by atoms with Crippen LogP contribution in [0.25, 0.3) is 0 Å². The van der Waals surface area contributed by atoms with Crippen molar-refractivity contribution < 1.29 is 18.7 Å². The maximum Gasteiger partial charge on any atom is 0.341 e. The summed E-state index contributed by atoms with van der Waals surface area (Å²) in [4.78, 5) is 23.6. The fraction of sp³-hybridized carbons (Fsp3) is 0.125. The number of carbonyl (C=O) groups is 2. The average Bonchev–Trinajstić information content (AvgIpc) is 2.51. The van der Waals surface area contributed by atoms with E-state index in [1.54, 1.807) is 19.1 Å². The zero-order valence-corrected chi connectivity index (χ0v) is 14.4. The predicted octanol–water partition coefficient (Wildman–Crippen LogP) is 4.35. The van der Waals surface area contributed by atoms with Crippen LogP contribution >= 0.6 is 27.5 Å². The van der Waals surface area contributed by atoms with Crippen molar-refractivity contribution in [3.05, 3.63) is 62.8 Å². The number of nitrogens with one attached hydrogen (secondary N) is 1. The Balaban J connectivity index is 1.97. The summed E-state index contributed by atoms with van der Waals surface area (Å²) in [6, 6.07) is 8.73. The smallest absolute Gasteiger partial charge is 0.341 e. The Morgan fingerprint density at radius 3 is 2.70 bits per heavy atom. The Morgan fingerprint density at radius 2 is 2.00 bits per heavy atom. The summed E-state index contributed by atoms with van der Waals surface area (Å²) in [7, 11) is 0. The lowest BCUT2D eigenvalue weighted by atomic mass is 10.2. The predicted molar refractivity (Wildman–Crippen MR) is 89.2 cm³/mol. The van der Waals surface area contributed by atoms with Crippen molar-refractivity contribution in [2.45, 2.75) is 6.92 Å². The van der Waals surface area contributed by atoms with Crippen molar-refractivity contribution in [1.82, 2.24) is 0 Å². The molecular weight excluding hydrogens is 389 g/mol. The summed E-state index contributed by atoms with van der Waals surface area (Å²) in [6.07, 6.45) is 0. The minimum Gasteiger partial charge on any atom is -0.452 e. The molecule has 0 fully saturated rings. The molecule has 0 aliphatic rings. The van der Waals surface area contributed by atoms with E-state index in [0.29, 0.717) is 15.2 Å². The molecule has 0 aromatic heterocycles. The first-order chi connectivity index (χ1) is 10.9. The van der Waals surface area contributed by atoms with Crippen LogP contribution in [-0.4, -0.2) is 18.5 Å². The molecule has 0 aliphatic carbocycles. The highest BCUT2D eigenvalue weighted by atomic mass is 79.9. The summed E-state index contributed by atoms with van der Waals surface area (Å²) in [5, 5.41) is 3.02. The van der Waals surface area contributed by atoms with E-state index >= 15 is 0 Å². The van der Waals surface area contributed by atoms with Crippen LogP contribution in [0.15, 0.2) is 40.9 Å². The highest BCUT2D eigenvalue weighted by molar-refractivity contribution is 9.10. The number of halogens is 3. The van der Waals surface area contributed by atoms with Crippen LogP contribution in [0.4, 0.5) is 10.1 Å². The van der Waals surface area contributed by atoms with Gasteiger partial charge in [0.05, 0.1) is 10.6 Å². The highest BCUT2D eigenvalue weighted by Crippen LogP contribution is 2.28. The molecule has 2 rings (SSSR count). The molecule has 0 unspecified atom stereocenters. The van der Waals surface area contributed by atoms with Crippen molar-refractivity contribution >= 4 is 45.1 Å². The quantitative estimate of drug-likeness (QED) is 0.777. The van der Waals surface area contributed by atoms with Gasteiger partial charge in [-0.25, -0.2) is 9.18 Å². The fourth-order valence-electron chi connectivity index (χ4n) is 1.80. The van der Waals surface area contributed by atoms with Gasteiger partial charge in [-0.05, 0) is 52.7 Å². The second kappa shape index (κ2) is 7.57. The van der Waals surface area contributed by atoms with Crippen molar-refractivity contribution in [3.8, 4) is 0 Å². The van der Waals surface area contributed by atoms with Gasteiger partial charge in [-0.1, -0.05) is 23.7 Å². The van der Waals surface area contributed by atoms with Gasteiger partial charge < -0.3 is 10.1 Å². The van der Waals surface area contributed by atoms with E-state index in [1.807, 2.05) is 0 Å². The first-order valence-electron chi connectivity index (χ1n) is 6.55. The van der Waals surface area contributed by atoms with Gasteiger partial charge in [0.1, 0.15) is 5.82 Å². The second-order valence-corrected chi connectivity index (χ2v) is 5.95. The zero-order chi connectivity index (χ0) is 17.0. The Hall–Kier alpha value is -1.92. The minimum absolute atomic E-state index is 0.219. The van der Waals surface area contributed by atoms with Crippen LogP contribution in [0.2, 0.25) is 5.02 Å². The van der Waals surface area contributed by atoms with Gasteiger partial charge in [-0.2, -0.15) is 0 Å². The minimum atomic E-state index is -0.899. The number of aryl methyl sites for hydroxylation is 1. The molecule has 7 heteroatoms. The Bertz CT molecular complexity index is 767. The summed E-state index contributed by atoms with van der Waals surface area (Å²) in [5.74, 6) is -2.14. The number of hydrogen-bond donors (Lipinski definition) is 1. The third-order valence-corrected chi connectivity index (χ3v) is 4.17. The summed E-state index contributed by atoms with van der Waals surface area (Å²) in [5.41, 5.74) is 1.07.